The summed E-state index contributed by atoms with van der Waals surface area (Å²) in [5, 5.41) is -0.321. The van der Waals surface area contributed by atoms with E-state index >= 15 is 0 Å². The van der Waals surface area contributed by atoms with E-state index in [9.17, 15) is 27.2 Å². The molecule has 2 aromatic rings. The molecule has 2 rings (SSSR count). The van der Waals surface area contributed by atoms with Crippen molar-refractivity contribution in [3.63, 3.8) is 0 Å². The van der Waals surface area contributed by atoms with Crippen LogP contribution in [0.4, 0.5) is 17.6 Å². The molecule has 0 saturated heterocycles. The molecule has 22 heavy (non-hydrogen) atoms. The van der Waals surface area contributed by atoms with E-state index in [1.165, 1.54) is 7.05 Å². The van der Waals surface area contributed by atoms with Crippen LogP contribution in [0.15, 0.2) is 23.1 Å². The van der Waals surface area contributed by atoms with Gasteiger partial charge in [-0.05, 0) is 19.1 Å². The van der Waals surface area contributed by atoms with Gasteiger partial charge >= 0.3 is 12.1 Å². The van der Waals surface area contributed by atoms with Crippen LogP contribution in [0.3, 0.4) is 0 Å². The zero-order valence-electron chi connectivity index (χ0n) is 11.6. The van der Waals surface area contributed by atoms with Crippen LogP contribution in [0.1, 0.15) is 22.8 Å². The van der Waals surface area contributed by atoms with Gasteiger partial charge in [-0.3, -0.25) is 4.79 Å². The Morgan fingerprint density at radius 1 is 1.32 bits per heavy atom. The Morgan fingerprint density at radius 3 is 2.50 bits per heavy atom. The fraction of sp³-hybridized carbons (Fsp3) is 0.286. The summed E-state index contributed by atoms with van der Waals surface area (Å²) in [6.45, 7) is 1.57. The van der Waals surface area contributed by atoms with Crippen molar-refractivity contribution in [3.8, 4) is 0 Å². The van der Waals surface area contributed by atoms with Crippen molar-refractivity contribution in [1.82, 2.24) is 4.57 Å². The largest absolute Gasteiger partial charge is 0.462 e. The van der Waals surface area contributed by atoms with Crippen molar-refractivity contribution in [3.05, 3.63) is 45.5 Å². The number of benzene rings is 1. The summed E-state index contributed by atoms with van der Waals surface area (Å²) in [6, 6.07) is 1.03. The van der Waals surface area contributed by atoms with E-state index in [0.29, 0.717) is 12.1 Å². The predicted octanol–water partition coefficient (Wildman–Crippen LogP) is 2.87. The molecular weight excluding hydrogens is 306 g/mol. The van der Waals surface area contributed by atoms with E-state index in [4.69, 9.17) is 4.74 Å². The lowest BCUT2D eigenvalue weighted by molar-refractivity contribution is -0.139. The summed E-state index contributed by atoms with van der Waals surface area (Å²) in [4.78, 5) is 23.8. The molecule has 0 saturated carbocycles. The zero-order chi connectivity index (χ0) is 16.7. The minimum absolute atomic E-state index is 0.0292. The number of nitrogens with zero attached hydrogens (tertiary/aromatic N) is 1. The number of alkyl halides is 3. The van der Waals surface area contributed by atoms with E-state index in [0.717, 1.165) is 10.8 Å². The van der Waals surface area contributed by atoms with Gasteiger partial charge in [-0.1, -0.05) is 0 Å². The minimum Gasteiger partial charge on any atom is -0.462 e. The SMILES string of the molecule is CCOC(=O)c1cn(C)c2cc(C(F)(F)F)c(F)cc2c1=O. The molecule has 8 heteroatoms. The third-order valence-electron chi connectivity index (χ3n) is 3.08. The van der Waals surface area contributed by atoms with E-state index < -0.39 is 29.0 Å². The van der Waals surface area contributed by atoms with Crippen LogP contribution in [0, 0.1) is 5.82 Å². The summed E-state index contributed by atoms with van der Waals surface area (Å²) in [5.74, 6) is -2.48. The molecule has 1 aromatic heterocycles. The first-order chi connectivity index (χ1) is 10.2. The fourth-order valence-corrected chi connectivity index (χ4v) is 2.07. The Labute approximate surface area is 121 Å². The topological polar surface area (TPSA) is 48.3 Å². The molecule has 0 fully saturated rings. The number of hydrogen-bond donors (Lipinski definition) is 0. The number of aromatic nitrogens is 1. The number of pyridine rings is 1. The van der Waals surface area contributed by atoms with Gasteiger partial charge in [-0.25, -0.2) is 9.18 Å². The van der Waals surface area contributed by atoms with Gasteiger partial charge < -0.3 is 9.30 Å². The molecule has 0 N–H and O–H groups in total. The maximum absolute atomic E-state index is 13.6. The summed E-state index contributed by atoms with van der Waals surface area (Å²) >= 11 is 0. The molecule has 1 aromatic carbocycles. The Balaban J connectivity index is 2.79. The quantitative estimate of drug-likeness (QED) is 0.632. The minimum atomic E-state index is -4.88. The van der Waals surface area contributed by atoms with E-state index in [1.807, 2.05) is 0 Å². The summed E-state index contributed by atoms with van der Waals surface area (Å²) in [7, 11) is 1.35. The second kappa shape index (κ2) is 5.43. The van der Waals surface area contributed by atoms with Crippen LogP contribution in [-0.4, -0.2) is 17.1 Å². The molecule has 0 radical (unpaired) electrons. The number of carbonyl (C=O) groups is 1. The Bertz CT molecular complexity index is 808. The van der Waals surface area contributed by atoms with E-state index in [2.05, 4.69) is 0 Å². The molecule has 0 aliphatic heterocycles. The lowest BCUT2D eigenvalue weighted by Gasteiger charge is -2.13. The number of rotatable bonds is 2. The molecule has 0 aliphatic rings. The summed E-state index contributed by atoms with van der Waals surface area (Å²) in [6.07, 6.45) is -3.81. The number of esters is 1. The number of hydrogen-bond acceptors (Lipinski definition) is 3. The van der Waals surface area contributed by atoms with Crippen molar-refractivity contribution < 1.29 is 27.1 Å². The van der Waals surface area contributed by atoms with E-state index in [-0.39, 0.29) is 23.1 Å². The van der Waals surface area contributed by atoms with Crippen molar-refractivity contribution in [2.45, 2.75) is 13.1 Å². The molecule has 0 aliphatic carbocycles. The number of ether oxygens (including phenoxy) is 1. The smallest absolute Gasteiger partial charge is 0.419 e. The maximum atomic E-state index is 13.6. The third kappa shape index (κ3) is 2.68. The Kier molecular flexibility index (Phi) is 3.95. The molecular formula is C14H11F4NO3. The number of carbonyl (C=O) groups excluding carboxylic acids is 1. The summed E-state index contributed by atoms with van der Waals surface area (Å²) < 4.78 is 57.6. The molecule has 4 nitrogen and oxygen atoms in total. The molecule has 0 spiro atoms. The molecule has 0 bridgehead atoms. The number of aryl methyl sites for hydroxylation is 1. The first kappa shape index (κ1) is 16.0. The van der Waals surface area contributed by atoms with Gasteiger partial charge in [0.25, 0.3) is 0 Å². The van der Waals surface area contributed by atoms with Crippen LogP contribution in [-0.2, 0) is 18.0 Å². The lowest BCUT2D eigenvalue weighted by Crippen LogP contribution is -2.21. The van der Waals surface area contributed by atoms with Crippen molar-refractivity contribution >= 4 is 16.9 Å². The Morgan fingerprint density at radius 2 is 1.95 bits per heavy atom. The van der Waals surface area contributed by atoms with Gasteiger partial charge in [0.1, 0.15) is 11.4 Å². The number of halogens is 4. The van der Waals surface area contributed by atoms with Gasteiger partial charge in [0, 0.05) is 18.6 Å². The average molecular weight is 317 g/mol. The zero-order valence-corrected chi connectivity index (χ0v) is 11.6. The molecule has 0 unspecified atom stereocenters. The van der Waals surface area contributed by atoms with Crippen molar-refractivity contribution in [1.29, 1.82) is 0 Å². The number of fused-ring (bicyclic) bond motifs is 1. The molecule has 0 atom stereocenters. The van der Waals surface area contributed by atoms with Crippen molar-refractivity contribution in [2.75, 3.05) is 6.61 Å². The highest BCUT2D eigenvalue weighted by atomic mass is 19.4. The molecule has 0 amide bonds. The summed E-state index contributed by atoms with van der Waals surface area (Å²) in [5.41, 5.74) is -2.85. The third-order valence-corrected chi connectivity index (χ3v) is 3.08. The van der Waals surface area contributed by atoms with Crippen LogP contribution >= 0.6 is 0 Å². The van der Waals surface area contributed by atoms with E-state index in [1.54, 1.807) is 6.92 Å². The normalized spacial score (nSPS) is 11.7. The first-order valence-electron chi connectivity index (χ1n) is 6.24. The van der Waals surface area contributed by atoms with Gasteiger partial charge in [0.15, 0.2) is 0 Å². The van der Waals surface area contributed by atoms with Gasteiger partial charge in [0.05, 0.1) is 17.7 Å². The second-order valence-electron chi connectivity index (χ2n) is 4.55. The highest BCUT2D eigenvalue weighted by molar-refractivity contribution is 5.93. The fourth-order valence-electron chi connectivity index (χ4n) is 2.07. The van der Waals surface area contributed by atoms with Crippen LogP contribution in [0.2, 0.25) is 0 Å². The van der Waals surface area contributed by atoms with Gasteiger partial charge in [0.2, 0.25) is 5.43 Å². The monoisotopic (exact) mass is 317 g/mol. The highest BCUT2D eigenvalue weighted by Gasteiger charge is 2.35. The van der Waals surface area contributed by atoms with Crippen LogP contribution < -0.4 is 5.43 Å². The Hall–Kier alpha value is -2.38. The lowest BCUT2D eigenvalue weighted by atomic mass is 10.1. The van der Waals surface area contributed by atoms with Gasteiger partial charge in [-0.15, -0.1) is 0 Å². The highest BCUT2D eigenvalue weighted by Crippen LogP contribution is 2.33. The second-order valence-corrected chi connectivity index (χ2v) is 4.55. The average Bonchev–Trinajstić information content (AvgIpc) is 2.41. The van der Waals surface area contributed by atoms with Crippen molar-refractivity contribution in [2.24, 2.45) is 7.05 Å². The molecule has 1 heterocycles. The molecule has 118 valence electrons. The van der Waals surface area contributed by atoms with Crippen LogP contribution in [0.5, 0.6) is 0 Å². The maximum Gasteiger partial charge on any atom is 0.419 e. The standard InChI is InChI=1S/C14H11F4NO3/c1-3-22-13(21)8-6-19(2)11-5-9(14(16,17)18)10(15)4-7(11)12(8)20/h4-6H,3H2,1-2H3. The van der Waals surface area contributed by atoms with Crippen LogP contribution in [0.25, 0.3) is 10.9 Å². The predicted molar refractivity (Wildman–Crippen MR) is 70.1 cm³/mol. The first-order valence-corrected chi connectivity index (χ1v) is 6.24. The van der Waals surface area contributed by atoms with Gasteiger partial charge in [-0.2, -0.15) is 13.2 Å².